The van der Waals surface area contributed by atoms with Gasteiger partial charge in [0, 0.05) is 18.7 Å². The molecule has 3 atom stereocenters. The first-order valence-electron chi connectivity index (χ1n) is 6.35. The van der Waals surface area contributed by atoms with Crippen LogP contribution in [0.15, 0.2) is 11.4 Å². The third kappa shape index (κ3) is 2.68. The van der Waals surface area contributed by atoms with E-state index in [1.165, 1.54) is 18.4 Å². The molecule has 1 aromatic heterocycles. The average Bonchev–Trinajstić information content (AvgIpc) is 2.89. The minimum atomic E-state index is 0.367. The predicted molar refractivity (Wildman–Crippen MR) is 71.7 cm³/mol. The molecule has 0 radical (unpaired) electrons. The normalized spacial score (nSPS) is 30.7. The van der Waals surface area contributed by atoms with Crippen molar-refractivity contribution in [1.82, 2.24) is 5.32 Å². The van der Waals surface area contributed by atoms with E-state index in [9.17, 15) is 0 Å². The number of thiophene rings is 1. The van der Waals surface area contributed by atoms with Gasteiger partial charge < -0.3 is 10.1 Å². The zero-order valence-corrected chi connectivity index (χ0v) is 11.6. The average molecular weight is 272 g/mol. The smallest absolute Gasteiger partial charge is 0.0931 e. The largest absolute Gasteiger partial charge is 0.376 e. The SMILES string of the molecule is CC(NC1CCOC1C1CC1)c1csc(Cl)c1. The quantitative estimate of drug-likeness (QED) is 0.903. The van der Waals surface area contributed by atoms with Crippen molar-refractivity contribution in [2.75, 3.05) is 6.61 Å². The van der Waals surface area contributed by atoms with Crippen molar-refractivity contribution in [3.8, 4) is 0 Å². The van der Waals surface area contributed by atoms with Crippen LogP contribution in [0.4, 0.5) is 0 Å². The Labute approximate surface area is 111 Å². The van der Waals surface area contributed by atoms with Crippen molar-refractivity contribution in [1.29, 1.82) is 0 Å². The molecule has 2 fully saturated rings. The van der Waals surface area contributed by atoms with Crippen molar-refractivity contribution in [2.24, 2.45) is 5.92 Å². The lowest BCUT2D eigenvalue weighted by atomic mass is 10.0. The number of hydrogen-bond donors (Lipinski definition) is 1. The van der Waals surface area contributed by atoms with Crippen LogP contribution in [0.2, 0.25) is 4.34 Å². The van der Waals surface area contributed by atoms with E-state index in [0.29, 0.717) is 18.2 Å². The van der Waals surface area contributed by atoms with Crippen LogP contribution in [-0.4, -0.2) is 18.8 Å². The van der Waals surface area contributed by atoms with Gasteiger partial charge in [-0.1, -0.05) is 11.6 Å². The van der Waals surface area contributed by atoms with E-state index in [1.807, 2.05) is 0 Å². The first-order valence-corrected chi connectivity index (χ1v) is 7.61. The summed E-state index contributed by atoms with van der Waals surface area (Å²) in [6, 6.07) is 2.95. The van der Waals surface area contributed by atoms with Gasteiger partial charge in [0.1, 0.15) is 0 Å². The molecule has 0 aromatic carbocycles. The second-order valence-electron chi connectivity index (χ2n) is 5.14. The number of halogens is 1. The third-order valence-electron chi connectivity index (χ3n) is 3.77. The van der Waals surface area contributed by atoms with Crippen molar-refractivity contribution in [2.45, 2.75) is 44.4 Å². The topological polar surface area (TPSA) is 21.3 Å². The van der Waals surface area contributed by atoms with Crippen molar-refractivity contribution >= 4 is 22.9 Å². The second-order valence-corrected chi connectivity index (χ2v) is 6.68. The van der Waals surface area contributed by atoms with E-state index < -0.39 is 0 Å². The molecule has 0 amide bonds. The molecule has 0 bridgehead atoms. The van der Waals surface area contributed by atoms with E-state index in [4.69, 9.17) is 16.3 Å². The Hall–Kier alpha value is -0.0900. The van der Waals surface area contributed by atoms with Crippen LogP contribution < -0.4 is 5.32 Å². The van der Waals surface area contributed by atoms with Gasteiger partial charge in [-0.3, -0.25) is 0 Å². The lowest BCUT2D eigenvalue weighted by Gasteiger charge is -2.23. The molecule has 1 saturated heterocycles. The highest BCUT2D eigenvalue weighted by atomic mass is 35.5. The van der Waals surface area contributed by atoms with Gasteiger partial charge in [0.05, 0.1) is 10.4 Å². The van der Waals surface area contributed by atoms with Crippen LogP contribution in [0, 0.1) is 5.92 Å². The fourth-order valence-electron chi connectivity index (χ4n) is 2.65. The Balaban J connectivity index is 1.62. The van der Waals surface area contributed by atoms with E-state index in [0.717, 1.165) is 23.3 Å². The monoisotopic (exact) mass is 271 g/mol. The molecule has 1 saturated carbocycles. The maximum absolute atomic E-state index is 5.98. The zero-order chi connectivity index (χ0) is 11.8. The number of hydrogen-bond acceptors (Lipinski definition) is 3. The molecule has 2 nitrogen and oxygen atoms in total. The molecular weight excluding hydrogens is 254 g/mol. The fraction of sp³-hybridized carbons (Fsp3) is 0.692. The summed E-state index contributed by atoms with van der Waals surface area (Å²) >= 11 is 7.58. The fourth-order valence-corrected chi connectivity index (χ4v) is 3.63. The van der Waals surface area contributed by atoms with Crippen LogP contribution in [0.3, 0.4) is 0 Å². The van der Waals surface area contributed by atoms with Gasteiger partial charge in [0.15, 0.2) is 0 Å². The summed E-state index contributed by atoms with van der Waals surface area (Å²) < 4.78 is 6.72. The Kier molecular flexibility index (Phi) is 3.44. The molecule has 4 heteroatoms. The Morgan fingerprint density at radius 1 is 1.47 bits per heavy atom. The lowest BCUT2D eigenvalue weighted by molar-refractivity contribution is 0.0793. The molecule has 94 valence electrons. The van der Waals surface area contributed by atoms with Crippen molar-refractivity contribution in [3.63, 3.8) is 0 Å². The number of rotatable bonds is 4. The maximum Gasteiger partial charge on any atom is 0.0931 e. The number of nitrogens with one attached hydrogen (secondary N) is 1. The first kappa shape index (κ1) is 12.0. The van der Waals surface area contributed by atoms with E-state index in [2.05, 4.69) is 23.7 Å². The van der Waals surface area contributed by atoms with Crippen molar-refractivity contribution in [3.05, 3.63) is 21.3 Å². The van der Waals surface area contributed by atoms with Crippen molar-refractivity contribution < 1.29 is 4.74 Å². The summed E-state index contributed by atoms with van der Waals surface area (Å²) in [6.45, 7) is 3.12. The highest BCUT2D eigenvalue weighted by Crippen LogP contribution is 2.39. The summed E-state index contributed by atoms with van der Waals surface area (Å²) in [5.41, 5.74) is 1.29. The highest BCUT2D eigenvalue weighted by molar-refractivity contribution is 7.14. The number of ether oxygens (including phenoxy) is 1. The molecule has 2 aliphatic rings. The molecular formula is C13H18ClNOS. The molecule has 3 rings (SSSR count). The summed E-state index contributed by atoms with van der Waals surface area (Å²) in [4.78, 5) is 0. The predicted octanol–water partition coefficient (Wildman–Crippen LogP) is 3.62. The Bertz CT molecular complexity index is 391. The zero-order valence-electron chi connectivity index (χ0n) is 9.99. The summed E-state index contributed by atoms with van der Waals surface area (Å²) in [6.07, 6.45) is 4.29. The minimum Gasteiger partial charge on any atom is -0.376 e. The summed E-state index contributed by atoms with van der Waals surface area (Å²) in [5.74, 6) is 0.813. The van der Waals surface area contributed by atoms with E-state index in [1.54, 1.807) is 11.3 Å². The van der Waals surface area contributed by atoms with Gasteiger partial charge in [0.25, 0.3) is 0 Å². The van der Waals surface area contributed by atoms with Crippen LogP contribution in [-0.2, 0) is 4.74 Å². The summed E-state index contributed by atoms with van der Waals surface area (Å²) in [7, 11) is 0. The minimum absolute atomic E-state index is 0.367. The first-order chi connectivity index (χ1) is 8.24. The Morgan fingerprint density at radius 3 is 2.94 bits per heavy atom. The van der Waals surface area contributed by atoms with Gasteiger partial charge in [0.2, 0.25) is 0 Å². The van der Waals surface area contributed by atoms with Crippen LogP contribution in [0.25, 0.3) is 0 Å². The van der Waals surface area contributed by atoms with Gasteiger partial charge in [-0.15, -0.1) is 11.3 Å². The third-order valence-corrected chi connectivity index (χ3v) is 4.88. The molecule has 1 aliphatic carbocycles. The van der Waals surface area contributed by atoms with Gasteiger partial charge in [-0.25, -0.2) is 0 Å². The van der Waals surface area contributed by atoms with E-state index >= 15 is 0 Å². The lowest BCUT2D eigenvalue weighted by Crippen LogP contribution is -2.38. The molecule has 1 aromatic rings. The highest BCUT2D eigenvalue weighted by Gasteiger charge is 2.40. The van der Waals surface area contributed by atoms with Gasteiger partial charge in [-0.05, 0) is 49.1 Å². The standard InChI is InChI=1S/C13H18ClNOS/c1-8(10-6-12(14)17-7-10)15-11-4-5-16-13(11)9-2-3-9/h6-9,11,13,15H,2-5H2,1H3. The second kappa shape index (κ2) is 4.88. The van der Waals surface area contributed by atoms with Gasteiger partial charge >= 0.3 is 0 Å². The molecule has 3 unspecified atom stereocenters. The van der Waals surface area contributed by atoms with Gasteiger partial charge in [-0.2, -0.15) is 0 Å². The van der Waals surface area contributed by atoms with Crippen LogP contribution in [0.1, 0.15) is 37.8 Å². The van der Waals surface area contributed by atoms with E-state index in [-0.39, 0.29) is 0 Å². The van der Waals surface area contributed by atoms with Crippen LogP contribution in [0.5, 0.6) is 0 Å². The molecule has 1 N–H and O–H groups in total. The molecule has 2 heterocycles. The molecule has 1 aliphatic heterocycles. The maximum atomic E-state index is 5.98. The Morgan fingerprint density at radius 2 is 2.29 bits per heavy atom. The summed E-state index contributed by atoms with van der Waals surface area (Å²) in [5, 5.41) is 5.84. The van der Waals surface area contributed by atoms with Crippen LogP contribution >= 0.6 is 22.9 Å². The molecule has 17 heavy (non-hydrogen) atoms. The molecule has 0 spiro atoms.